The van der Waals surface area contributed by atoms with Crippen molar-refractivity contribution in [2.45, 2.75) is 38.4 Å². The van der Waals surface area contributed by atoms with E-state index in [2.05, 4.69) is 44.0 Å². The Morgan fingerprint density at radius 3 is 3.00 bits per heavy atom. The maximum absolute atomic E-state index is 5.11. The Morgan fingerprint density at radius 1 is 1.55 bits per heavy atom. The lowest BCUT2D eigenvalue weighted by molar-refractivity contribution is 0.370. The number of rotatable bonds is 5. The van der Waals surface area contributed by atoms with E-state index < -0.39 is 0 Å². The number of halogens is 1. The topological polar surface area (TPSA) is 66.5 Å². The second-order valence-corrected chi connectivity index (χ2v) is 6.57. The van der Waals surface area contributed by atoms with Crippen LogP contribution in [-0.4, -0.2) is 58.7 Å². The number of hydrogen-bond donors (Lipinski definition) is 1. The number of aromatic nitrogens is 2. The van der Waals surface area contributed by atoms with Crippen molar-refractivity contribution in [3.05, 3.63) is 11.7 Å². The highest BCUT2D eigenvalue weighted by Crippen LogP contribution is 2.20. The second-order valence-electron chi connectivity index (χ2n) is 5.16. The summed E-state index contributed by atoms with van der Waals surface area (Å²) < 4.78 is 5.11. The fourth-order valence-electron chi connectivity index (χ4n) is 2.37. The van der Waals surface area contributed by atoms with Crippen LogP contribution in [0.2, 0.25) is 0 Å². The fourth-order valence-corrected chi connectivity index (χ4v) is 3.55. The van der Waals surface area contributed by atoms with Gasteiger partial charge in [-0.25, -0.2) is 0 Å². The standard InChI is InChI=1S/C14H25N5OS.HI/c1-4-12-10-19(8-9-21-12)14(15-3)16-7-5-6-13-17-11(2)18-20-13;/h12H,4-10H2,1-3H3,(H,15,16);1H. The number of nitrogens with zero attached hydrogens (tertiary/aromatic N) is 4. The third kappa shape index (κ3) is 5.94. The first-order chi connectivity index (χ1) is 10.2. The summed E-state index contributed by atoms with van der Waals surface area (Å²) in [5.74, 6) is 3.60. The molecule has 0 saturated carbocycles. The van der Waals surface area contributed by atoms with Crippen molar-refractivity contribution in [1.82, 2.24) is 20.4 Å². The summed E-state index contributed by atoms with van der Waals surface area (Å²) in [7, 11) is 1.85. The summed E-state index contributed by atoms with van der Waals surface area (Å²) in [5, 5.41) is 7.96. The summed E-state index contributed by atoms with van der Waals surface area (Å²) in [6.45, 7) is 7.12. The zero-order valence-electron chi connectivity index (χ0n) is 13.5. The van der Waals surface area contributed by atoms with E-state index in [0.29, 0.717) is 11.7 Å². The van der Waals surface area contributed by atoms with Gasteiger partial charge >= 0.3 is 0 Å². The zero-order chi connectivity index (χ0) is 15.1. The molecule has 1 unspecified atom stereocenters. The molecule has 1 N–H and O–H groups in total. The molecule has 1 aliphatic rings. The van der Waals surface area contributed by atoms with E-state index in [9.17, 15) is 0 Å². The minimum atomic E-state index is 0. The van der Waals surface area contributed by atoms with E-state index in [1.54, 1.807) is 0 Å². The highest BCUT2D eigenvalue weighted by Gasteiger charge is 2.21. The highest BCUT2D eigenvalue weighted by molar-refractivity contribution is 14.0. The monoisotopic (exact) mass is 439 g/mol. The molecule has 0 amide bonds. The number of nitrogens with one attached hydrogen (secondary N) is 1. The number of thioether (sulfide) groups is 1. The van der Waals surface area contributed by atoms with Gasteiger partial charge < -0.3 is 14.7 Å². The van der Waals surface area contributed by atoms with Crippen LogP contribution in [0, 0.1) is 6.92 Å². The van der Waals surface area contributed by atoms with E-state index in [1.165, 1.54) is 12.2 Å². The Bertz CT molecular complexity index is 468. The van der Waals surface area contributed by atoms with Crippen molar-refractivity contribution in [3.63, 3.8) is 0 Å². The van der Waals surface area contributed by atoms with Crippen LogP contribution >= 0.6 is 35.7 Å². The first kappa shape index (κ1) is 19.5. The summed E-state index contributed by atoms with van der Waals surface area (Å²) in [6.07, 6.45) is 2.98. The molecule has 0 aliphatic carbocycles. The van der Waals surface area contributed by atoms with Crippen LogP contribution in [0.15, 0.2) is 9.52 Å². The van der Waals surface area contributed by atoms with Gasteiger partial charge in [-0.1, -0.05) is 12.1 Å². The molecule has 126 valence electrons. The van der Waals surface area contributed by atoms with Crippen LogP contribution in [0.3, 0.4) is 0 Å². The molecule has 2 heterocycles. The van der Waals surface area contributed by atoms with Crippen molar-refractivity contribution in [2.75, 3.05) is 32.4 Å². The smallest absolute Gasteiger partial charge is 0.226 e. The Balaban J connectivity index is 0.00000242. The Morgan fingerprint density at radius 2 is 2.36 bits per heavy atom. The molecular weight excluding hydrogens is 413 g/mol. The molecule has 1 aliphatic heterocycles. The molecule has 1 aromatic rings. The second kappa shape index (κ2) is 10.3. The summed E-state index contributed by atoms with van der Waals surface area (Å²) in [6, 6.07) is 0. The summed E-state index contributed by atoms with van der Waals surface area (Å²) in [4.78, 5) is 11.0. The normalized spacial score (nSPS) is 19.0. The van der Waals surface area contributed by atoms with Crippen LogP contribution < -0.4 is 5.32 Å². The van der Waals surface area contributed by atoms with E-state index in [-0.39, 0.29) is 24.0 Å². The third-order valence-corrected chi connectivity index (χ3v) is 4.90. The Labute approximate surface area is 153 Å². The average molecular weight is 439 g/mol. The Hall–Kier alpha value is -0.510. The predicted octanol–water partition coefficient (Wildman–Crippen LogP) is 2.33. The van der Waals surface area contributed by atoms with E-state index in [4.69, 9.17) is 4.52 Å². The highest BCUT2D eigenvalue weighted by atomic mass is 127. The summed E-state index contributed by atoms with van der Waals surface area (Å²) in [5.41, 5.74) is 0. The Kier molecular flexibility index (Phi) is 9.15. The van der Waals surface area contributed by atoms with Gasteiger partial charge in [0, 0.05) is 44.1 Å². The number of aliphatic imine (C=N–C) groups is 1. The lowest BCUT2D eigenvalue weighted by atomic mass is 10.3. The SMILES string of the molecule is CCC1CN(C(=NC)NCCCc2nc(C)no2)CCS1.I. The molecule has 22 heavy (non-hydrogen) atoms. The molecule has 2 rings (SSSR count). The van der Waals surface area contributed by atoms with Gasteiger partial charge in [0.2, 0.25) is 5.89 Å². The predicted molar refractivity (Wildman–Crippen MR) is 102 cm³/mol. The van der Waals surface area contributed by atoms with Crippen molar-refractivity contribution >= 4 is 41.7 Å². The first-order valence-corrected chi connectivity index (χ1v) is 8.64. The number of hydrogen-bond acceptors (Lipinski definition) is 5. The minimum absolute atomic E-state index is 0. The number of aryl methyl sites for hydroxylation is 2. The maximum atomic E-state index is 5.11. The van der Waals surface area contributed by atoms with Gasteiger partial charge in [0.05, 0.1) is 0 Å². The van der Waals surface area contributed by atoms with Gasteiger partial charge in [0.15, 0.2) is 11.8 Å². The number of guanidine groups is 1. The van der Waals surface area contributed by atoms with Gasteiger partial charge in [-0.2, -0.15) is 16.7 Å². The van der Waals surface area contributed by atoms with Crippen LogP contribution in [0.25, 0.3) is 0 Å². The van der Waals surface area contributed by atoms with Gasteiger partial charge in [-0.3, -0.25) is 4.99 Å². The van der Waals surface area contributed by atoms with Crippen LogP contribution in [0.1, 0.15) is 31.5 Å². The molecule has 0 bridgehead atoms. The maximum Gasteiger partial charge on any atom is 0.226 e. The molecule has 6 nitrogen and oxygen atoms in total. The van der Waals surface area contributed by atoms with Gasteiger partial charge in [-0.15, -0.1) is 24.0 Å². The molecule has 0 aromatic carbocycles. The van der Waals surface area contributed by atoms with E-state index >= 15 is 0 Å². The minimum Gasteiger partial charge on any atom is -0.356 e. The van der Waals surface area contributed by atoms with Crippen LogP contribution in [-0.2, 0) is 6.42 Å². The molecule has 1 atom stereocenters. The molecule has 1 aromatic heterocycles. The van der Waals surface area contributed by atoms with Gasteiger partial charge in [-0.05, 0) is 19.8 Å². The van der Waals surface area contributed by atoms with Crippen molar-refractivity contribution < 1.29 is 4.52 Å². The van der Waals surface area contributed by atoms with Crippen LogP contribution in [0.4, 0.5) is 0 Å². The molecule has 0 spiro atoms. The molecule has 1 fully saturated rings. The van der Waals surface area contributed by atoms with Crippen LogP contribution in [0.5, 0.6) is 0 Å². The lowest BCUT2D eigenvalue weighted by Crippen LogP contribution is -2.48. The molecule has 0 radical (unpaired) electrons. The van der Waals surface area contributed by atoms with E-state index in [1.807, 2.05) is 14.0 Å². The summed E-state index contributed by atoms with van der Waals surface area (Å²) >= 11 is 2.07. The van der Waals surface area contributed by atoms with Crippen molar-refractivity contribution in [1.29, 1.82) is 0 Å². The average Bonchev–Trinajstić information content (AvgIpc) is 2.93. The van der Waals surface area contributed by atoms with Gasteiger partial charge in [0.1, 0.15) is 0 Å². The van der Waals surface area contributed by atoms with Crippen molar-refractivity contribution in [3.8, 4) is 0 Å². The molecule has 8 heteroatoms. The fraction of sp³-hybridized carbons (Fsp3) is 0.786. The largest absolute Gasteiger partial charge is 0.356 e. The zero-order valence-corrected chi connectivity index (χ0v) is 16.7. The third-order valence-electron chi connectivity index (χ3n) is 3.53. The first-order valence-electron chi connectivity index (χ1n) is 7.59. The quantitative estimate of drug-likeness (QED) is 0.329. The molecule has 1 saturated heterocycles. The van der Waals surface area contributed by atoms with Crippen molar-refractivity contribution in [2.24, 2.45) is 4.99 Å². The van der Waals surface area contributed by atoms with E-state index in [0.717, 1.165) is 43.7 Å². The lowest BCUT2D eigenvalue weighted by Gasteiger charge is -2.34. The molecular formula is C14H26IN5OS. The van der Waals surface area contributed by atoms with Gasteiger partial charge in [0.25, 0.3) is 0 Å².